The lowest BCUT2D eigenvalue weighted by atomic mass is 10.1. The smallest absolute Gasteiger partial charge is 0.317 e. The molecule has 356 valence electrons. The fraction of sp³-hybridized carbons (Fsp3) is 0.650. The standard InChI is InChI=1S/C40H62N10O14/c51-33(23-41-5-9-43(25-35(53)54)13-17-47(29-39(61)62)18-14-44(10-6-41)26-36(55)56)49-21-22-50(32-4-2-1-3-31(32)49)34(52)24-42-7-11-45(27-37(57)58)15-19-48(30-40(63)64)20-16-46(12-8-42)28-38(59)60/h1-4H,5-30H2,(H,53,54)(H,55,56)(H,57,58)(H,59,60)(H,61,62)(H,63,64). The van der Waals surface area contributed by atoms with Gasteiger partial charge in [-0.3, -0.25) is 77.6 Å². The molecule has 1 aromatic rings. The molecule has 64 heavy (non-hydrogen) atoms. The van der Waals surface area contributed by atoms with E-state index in [2.05, 4.69) is 0 Å². The van der Waals surface area contributed by atoms with E-state index in [0.29, 0.717) is 11.4 Å². The van der Waals surface area contributed by atoms with Gasteiger partial charge in [-0.15, -0.1) is 0 Å². The number of hydrogen-bond donors (Lipinski definition) is 6. The Balaban J connectivity index is 1.50. The second kappa shape index (κ2) is 25.8. The SMILES string of the molecule is O=C(O)CN1CCN(CC(=O)O)CCN(CC(=O)N2CCN(C(=O)CN3CCN(CC(=O)O)CCN(CC(=O)O)CCN(CC(=O)O)CC3)c3ccccc32)CCN(CC(=O)O)CC1. The van der Waals surface area contributed by atoms with Crippen LogP contribution in [-0.2, 0) is 38.4 Å². The number of aliphatic carboxylic acids is 6. The zero-order valence-electron chi connectivity index (χ0n) is 36.1. The van der Waals surface area contributed by atoms with E-state index in [1.807, 2.05) is 9.80 Å². The monoisotopic (exact) mass is 906 g/mol. The molecule has 6 N–H and O–H groups in total. The van der Waals surface area contributed by atoms with Gasteiger partial charge in [-0.25, -0.2) is 0 Å². The Hall–Kier alpha value is -5.34. The Labute approximate surface area is 370 Å². The minimum Gasteiger partial charge on any atom is -0.480 e. The molecule has 3 aliphatic rings. The van der Waals surface area contributed by atoms with Crippen LogP contribution in [0.15, 0.2) is 24.3 Å². The first-order chi connectivity index (χ1) is 30.4. The van der Waals surface area contributed by atoms with Crippen LogP contribution >= 0.6 is 0 Å². The molecule has 2 fully saturated rings. The molecule has 0 aromatic heterocycles. The van der Waals surface area contributed by atoms with Gasteiger partial charge in [0.1, 0.15) is 0 Å². The van der Waals surface area contributed by atoms with Crippen LogP contribution in [0.1, 0.15) is 0 Å². The molecule has 0 spiro atoms. The van der Waals surface area contributed by atoms with Crippen molar-refractivity contribution in [1.82, 2.24) is 39.2 Å². The van der Waals surface area contributed by atoms with E-state index in [1.165, 1.54) is 0 Å². The number of benzene rings is 1. The number of carboxylic acids is 6. The van der Waals surface area contributed by atoms with Crippen molar-refractivity contribution >= 4 is 59.0 Å². The Morgan fingerprint density at radius 2 is 0.469 bits per heavy atom. The van der Waals surface area contributed by atoms with Gasteiger partial charge in [-0.05, 0) is 12.1 Å². The normalized spacial score (nSPS) is 19.9. The third-order valence-electron chi connectivity index (χ3n) is 11.3. The van der Waals surface area contributed by atoms with Crippen molar-refractivity contribution in [2.45, 2.75) is 0 Å². The quantitative estimate of drug-likeness (QED) is 0.0931. The fourth-order valence-corrected chi connectivity index (χ4v) is 8.00. The van der Waals surface area contributed by atoms with Crippen LogP contribution in [0.4, 0.5) is 11.4 Å². The van der Waals surface area contributed by atoms with Crippen molar-refractivity contribution in [2.24, 2.45) is 0 Å². The summed E-state index contributed by atoms with van der Waals surface area (Å²) in [4.78, 5) is 115. The van der Waals surface area contributed by atoms with Crippen LogP contribution in [0.3, 0.4) is 0 Å². The molecule has 0 atom stereocenters. The largest absolute Gasteiger partial charge is 0.480 e. The van der Waals surface area contributed by atoms with Crippen LogP contribution in [0.25, 0.3) is 0 Å². The molecular weight excluding hydrogens is 844 g/mol. The summed E-state index contributed by atoms with van der Waals surface area (Å²) in [6, 6.07) is 6.94. The lowest BCUT2D eigenvalue weighted by Gasteiger charge is -2.39. The van der Waals surface area contributed by atoms with Gasteiger partial charge < -0.3 is 40.4 Å². The zero-order chi connectivity index (χ0) is 46.8. The Bertz CT molecular complexity index is 1600. The number of fused-ring (bicyclic) bond motifs is 1. The van der Waals surface area contributed by atoms with Crippen LogP contribution in [0.2, 0.25) is 0 Å². The second-order valence-electron chi connectivity index (χ2n) is 16.2. The van der Waals surface area contributed by atoms with E-state index >= 15 is 0 Å². The Morgan fingerprint density at radius 1 is 0.297 bits per heavy atom. The van der Waals surface area contributed by atoms with Gasteiger partial charge in [0.2, 0.25) is 11.8 Å². The lowest BCUT2D eigenvalue weighted by molar-refractivity contribution is -0.140. The van der Waals surface area contributed by atoms with Gasteiger partial charge in [0.25, 0.3) is 0 Å². The van der Waals surface area contributed by atoms with E-state index in [1.54, 1.807) is 63.5 Å². The molecule has 1 aromatic carbocycles. The molecule has 24 heteroatoms. The number of nitrogens with zero attached hydrogens (tertiary/aromatic N) is 10. The van der Waals surface area contributed by atoms with E-state index in [9.17, 15) is 69.0 Å². The topological polar surface area (TPSA) is 290 Å². The molecule has 0 unspecified atom stereocenters. The van der Waals surface area contributed by atoms with Crippen molar-refractivity contribution in [1.29, 1.82) is 0 Å². The Kier molecular flexibility index (Phi) is 20.7. The summed E-state index contributed by atoms with van der Waals surface area (Å²) in [6.07, 6.45) is 0. The maximum atomic E-state index is 14.2. The van der Waals surface area contributed by atoms with Crippen molar-refractivity contribution in [3.8, 4) is 0 Å². The summed E-state index contributed by atoms with van der Waals surface area (Å²) < 4.78 is 0. The first-order valence-electron chi connectivity index (χ1n) is 21.2. The maximum absolute atomic E-state index is 14.2. The molecular formula is C40H62N10O14. The summed E-state index contributed by atoms with van der Waals surface area (Å²) in [7, 11) is 0. The molecule has 0 radical (unpaired) electrons. The molecule has 2 amide bonds. The van der Waals surface area contributed by atoms with Gasteiger partial charge in [-0.2, -0.15) is 0 Å². The molecule has 0 saturated carbocycles. The summed E-state index contributed by atoms with van der Waals surface area (Å²) in [6.45, 7) is 2.10. The van der Waals surface area contributed by atoms with Gasteiger partial charge in [0, 0.05) is 118 Å². The number of amides is 2. The van der Waals surface area contributed by atoms with Gasteiger partial charge in [-0.1, -0.05) is 12.1 Å². The highest BCUT2D eigenvalue weighted by Gasteiger charge is 2.32. The van der Waals surface area contributed by atoms with E-state index in [0.717, 1.165) is 0 Å². The third kappa shape index (κ3) is 18.0. The predicted molar refractivity (Wildman–Crippen MR) is 228 cm³/mol. The number of para-hydroxylation sites is 2. The van der Waals surface area contributed by atoms with Gasteiger partial charge in [0.15, 0.2) is 0 Å². The fourth-order valence-electron chi connectivity index (χ4n) is 8.00. The summed E-state index contributed by atoms with van der Waals surface area (Å²) >= 11 is 0. The number of carbonyl (C=O) groups is 8. The molecule has 0 aliphatic carbocycles. The van der Waals surface area contributed by atoms with Crippen molar-refractivity contribution in [2.75, 3.05) is 180 Å². The van der Waals surface area contributed by atoms with Crippen molar-refractivity contribution < 1.29 is 69.0 Å². The first kappa shape index (κ1) is 51.3. The molecule has 2 saturated heterocycles. The average molecular weight is 907 g/mol. The minimum atomic E-state index is -1.06. The molecule has 4 rings (SSSR count). The predicted octanol–water partition coefficient (Wildman–Crippen LogP) is -3.68. The number of carboxylic acid groups (broad SMARTS) is 6. The summed E-state index contributed by atoms with van der Waals surface area (Å²) in [5.41, 5.74) is 0.972. The second-order valence-corrected chi connectivity index (χ2v) is 16.2. The highest BCUT2D eigenvalue weighted by molar-refractivity contribution is 6.05. The van der Waals surface area contributed by atoms with Crippen molar-refractivity contribution in [3.63, 3.8) is 0 Å². The highest BCUT2D eigenvalue weighted by Crippen LogP contribution is 2.33. The Morgan fingerprint density at radius 3 is 0.641 bits per heavy atom. The van der Waals surface area contributed by atoms with E-state index in [-0.39, 0.29) is 182 Å². The molecule has 0 bridgehead atoms. The highest BCUT2D eigenvalue weighted by atomic mass is 16.4. The minimum absolute atomic E-state index is 0.100. The summed E-state index contributed by atoms with van der Waals surface area (Å²) in [5.74, 6) is -6.97. The molecule has 3 heterocycles. The maximum Gasteiger partial charge on any atom is 0.317 e. The lowest BCUT2D eigenvalue weighted by Crippen LogP contribution is -2.53. The van der Waals surface area contributed by atoms with Crippen LogP contribution in [0, 0.1) is 0 Å². The number of anilines is 2. The number of hydrogen-bond acceptors (Lipinski definition) is 16. The van der Waals surface area contributed by atoms with Gasteiger partial charge >= 0.3 is 35.8 Å². The zero-order valence-corrected chi connectivity index (χ0v) is 36.1. The summed E-state index contributed by atoms with van der Waals surface area (Å²) in [5, 5.41) is 57.3. The molecule has 24 nitrogen and oxygen atoms in total. The third-order valence-corrected chi connectivity index (χ3v) is 11.3. The van der Waals surface area contributed by atoms with Crippen LogP contribution < -0.4 is 9.80 Å². The van der Waals surface area contributed by atoms with Crippen LogP contribution in [0.5, 0.6) is 0 Å². The van der Waals surface area contributed by atoms with E-state index < -0.39 is 35.8 Å². The van der Waals surface area contributed by atoms with Gasteiger partial charge in [0.05, 0.1) is 63.7 Å². The molecule has 3 aliphatic heterocycles. The average Bonchev–Trinajstić information content (AvgIpc) is 3.21. The number of rotatable bonds is 16. The van der Waals surface area contributed by atoms with Crippen LogP contribution in [-0.4, -0.2) is 288 Å². The van der Waals surface area contributed by atoms with Crippen molar-refractivity contribution in [3.05, 3.63) is 24.3 Å². The number of carbonyl (C=O) groups excluding carboxylic acids is 2. The van der Waals surface area contributed by atoms with E-state index in [4.69, 9.17) is 0 Å². The first-order valence-corrected chi connectivity index (χ1v) is 21.2.